The molecule has 0 amide bonds. The third kappa shape index (κ3) is 5.30. The Hall–Kier alpha value is -0.0900. The number of hydrogen-bond donors (Lipinski definition) is 1. The van der Waals surface area contributed by atoms with Crippen LogP contribution in [-0.4, -0.2) is 33.0 Å². The fraction of sp³-hybridized carbons (Fsp3) is 1.00. The molecule has 2 unspecified atom stereocenters. The maximum atomic E-state index is 11.0. The molecule has 2 atom stereocenters. The van der Waals surface area contributed by atoms with Crippen LogP contribution < -0.4 is 5.32 Å². The van der Waals surface area contributed by atoms with Gasteiger partial charge in [-0.2, -0.15) is 0 Å². The molecular weight excluding hydrogens is 222 g/mol. The largest absolute Gasteiger partial charge is 0.313 e. The molecule has 1 N–H and O–H groups in total. The summed E-state index contributed by atoms with van der Waals surface area (Å²) in [6.07, 6.45) is 8.99. The Morgan fingerprint density at radius 1 is 1.31 bits per heavy atom. The van der Waals surface area contributed by atoms with E-state index in [1.807, 2.05) is 0 Å². The molecule has 0 radical (unpaired) electrons. The van der Waals surface area contributed by atoms with E-state index in [1.54, 1.807) is 0 Å². The van der Waals surface area contributed by atoms with Crippen molar-refractivity contribution in [1.82, 2.24) is 5.32 Å². The van der Waals surface area contributed by atoms with Gasteiger partial charge in [0.05, 0.1) is 5.75 Å². The first kappa shape index (κ1) is 14.0. The Kier molecular flexibility index (Phi) is 5.76. The highest BCUT2D eigenvalue weighted by Gasteiger charge is 2.25. The second-order valence-corrected chi connectivity index (χ2v) is 7.28. The Balaban J connectivity index is 2.24. The van der Waals surface area contributed by atoms with Crippen LogP contribution in [0, 0.1) is 5.92 Å². The fourth-order valence-corrected chi connectivity index (χ4v) is 3.04. The minimum absolute atomic E-state index is 0.268. The number of rotatable bonds is 7. The standard InChI is InChI=1S/C12H25NO2S/c1-3-4-6-11-7-5-8-12(11)13-9-10-16(2,14)15/h11-13H,3-10H2,1-2H3. The Morgan fingerprint density at radius 2 is 2.06 bits per heavy atom. The van der Waals surface area contributed by atoms with Crippen molar-refractivity contribution in [2.45, 2.75) is 51.5 Å². The molecule has 1 fully saturated rings. The average Bonchev–Trinajstić information content (AvgIpc) is 2.60. The first-order valence-corrected chi connectivity index (χ1v) is 8.50. The second-order valence-electron chi connectivity index (χ2n) is 5.02. The molecule has 0 aliphatic heterocycles. The highest BCUT2D eigenvalue weighted by atomic mass is 32.2. The van der Waals surface area contributed by atoms with Crippen molar-refractivity contribution >= 4 is 9.84 Å². The van der Waals surface area contributed by atoms with Gasteiger partial charge in [0.25, 0.3) is 0 Å². The smallest absolute Gasteiger partial charge is 0.148 e. The molecule has 1 rings (SSSR count). The maximum Gasteiger partial charge on any atom is 0.148 e. The van der Waals surface area contributed by atoms with Gasteiger partial charge in [0, 0.05) is 18.8 Å². The van der Waals surface area contributed by atoms with Gasteiger partial charge in [-0.1, -0.05) is 26.2 Å². The lowest BCUT2D eigenvalue weighted by atomic mass is 9.97. The molecule has 0 heterocycles. The van der Waals surface area contributed by atoms with Crippen molar-refractivity contribution < 1.29 is 8.42 Å². The zero-order valence-corrected chi connectivity index (χ0v) is 11.4. The fourth-order valence-electron chi connectivity index (χ4n) is 2.55. The van der Waals surface area contributed by atoms with Gasteiger partial charge in [-0.05, 0) is 25.2 Å². The SMILES string of the molecule is CCCCC1CCCC1NCCS(C)(=O)=O. The lowest BCUT2D eigenvalue weighted by molar-refractivity contribution is 0.376. The Morgan fingerprint density at radius 3 is 2.69 bits per heavy atom. The van der Waals surface area contributed by atoms with Gasteiger partial charge in [0.1, 0.15) is 9.84 Å². The first-order valence-electron chi connectivity index (χ1n) is 6.44. The van der Waals surface area contributed by atoms with Gasteiger partial charge in [0.15, 0.2) is 0 Å². The highest BCUT2D eigenvalue weighted by molar-refractivity contribution is 7.90. The highest BCUT2D eigenvalue weighted by Crippen LogP contribution is 2.29. The summed E-state index contributed by atoms with van der Waals surface area (Å²) in [7, 11) is -2.81. The zero-order valence-electron chi connectivity index (χ0n) is 10.5. The molecule has 4 heteroatoms. The number of unbranched alkanes of at least 4 members (excludes halogenated alkanes) is 1. The molecule has 0 aromatic rings. The summed E-state index contributed by atoms with van der Waals surface area (Å²) < 4.78 is 22.0. The molecule has 1 aliphatic rings. The quantitative estimate of drug-likeness (QED) is 0.748. The minimum Gasteiger partial charge on any atom is -0.313 e. The number of sulfone groups is 1. The molecule has 0 saturated heterocycles. The predicted molar refractivity (Wildman–Crippen MR) is 68.4 cm³/mol. The lowest BCUT2D eigenvalue weighted by Gasteiger charge is -2.20. The lowest BCUT2D eigenvalue weighted by Crippen LogP contribution is -2.35. The third-order valence-electron chi connectivity index (χ3n) is 3.47. The van der Waals surface area contributed by atoms with Gasteiger partial charge in [-0.15, -0.1) is 0 Å². The van der Waals surface area contributed by atoms with Crippen molar-refractivity contribution in [1.29, 1.82) is 0 Å². The molecule has 0 aromatic heterocycles. The van der Waals surface area contributed by atoms with Gasteiger partial charge >= 0.3 is 0 Å². The van der Waals surface area contributed by atoms with Gasteiger partial charge in [-0.25, -0.2) is 8.42 Å². The van der Waals surface area contributed by atoms with Crippen molar-refractivity contribution in [2.24, 2.45) is 5.92 Å². The maximum absolute atomic E-state index is 11.0. The van der Waals surface area contributed by atoms with Crippen molar-refractivity contribution in [2.75, 3.05) is 18.6 Å². The molecule has 0 bridgehead atoms. The second kappa shape index (κ2) is 6.60. The van der Waals surface area contributed by atoms with Crippen LogP contribution in [0.25, 0.3) is 0 Å². The van der Waals surface area contributed by atoms with Crippen LogP contribution in [0.3, 0.4) is 0 Å². The normalized spacial score (nSPS) is 26.1. The monoisotopic (exact) mass is 247 g/mol. The molecule has 3 nitrogen and oxygen atoms in total. The van der Waals surface area contributed by atoms with E-state index >= 15 is 0 Å². The van der Waals surface area contributed by atoms with Crippen molar-refractivity contribution in [3.05, 3.63) is 0 Å². The van der Waals surface area contributed by atoms with Crippen LogP contribution >= 0.6 is 0 Å². The van der Waals surface area contributed by atoms with Crippen LogP contribution in [0.2, 0.25) is 0 Å². The Labute approximate surface area is 99.9 Å². The van der Waals surface area contributed by atoms with Crippen LogP contribution in [0.4, 0.5) is 0 Å². The van der Waals surface area contributed by atoms with E-state index in [4.69, 9.17) is 0 Å². The summed E-state index contributed by atoms with van der Waals surface area (Å²) in [4.78, 5) is 0. The third-order valence-corrected chi connectivity index (χ3v) is 4.41. The number of nitrogens with one attached hydrogen (secondary N) is 1. The average molecular weight is 247 g/mol. The summed E-state index contributed by atoms with van der Waals surface area (Å²) in [5, 5.41) is 3.42. The topological polar surface area (TPSA) is 46.2 Å². The molecule has 1 aliphatic carbocycles. The van der Waals surface area contributed by atoms with Gasteiger partial charge in [0.2, 0.25) is 0 Å². The molecule has 16 heavy (non-hydrogen) atoms. The van der Waals surface area contributed by atoms with Crippen molar-refractivity contribution in [3.8, 4) is 0 Å². The summed E-state index contributed by atoms with van der Waals surface area (Å²) in [6, 6.07) is 0.563. The molecule has 1 saturated carbocycles. The van der Waals surface area contributed by atoms with Gasteiger partial charge < -0.3 is 5.32 Å². The van der Waals surface area contributed by atoms with Crippen LogP contribution in [0.15, 0.2) is 0 Å². The molecule has 0 aromatic carbocycles. The summed E-state index contributed by atoms with van der Waals surface area (Å²) >= 11 is 0. The van der Waals surface area contributed by atoms with E-state index < -0.39 is 9.84 Å². The molecule has 0 spiro atoms. The Bertz CT molecular complexity index is 287. The molecule has 96 valence electrons. The van der Waals surface area contributed by atoms with E-state index in [9.17, 15) is 8.42 Å². The summed E-state index contributed by atoms with van der Waals surface area (Å²) in [5.74, 6) is 1.05. The zero-order chi connectivity index (χ0) is 12.0. The summed E-state index contributed by atoms with van der Waals surface area (Å²) in [5.41, 5.74) is 0. The van der Waals surface area contributed by atoms with E-state index in [0.717, 1.165) is 5.92 Å². The van der Waals surface area contributed by atoms with E-state index in [2.05, 4.69) is 12.2 Å². The van der Waals surface area contributed by atoms with Crippen LogP contribution in [0.1, 0.15) is 45.4 Å². The number of hydrogen-bond acceptors (Lipinski definition) is 3. The van der Waals surface area contributed by atoms with Gasteiger partial charge in [-0.3, -0.25) is 0 Å². The first-order chi connectivity index (χ1) is 7.53. The van der Waals surface area contributed by atoms with Crippen molar-refractivity contribution in [3.63, 3.8) is 0 Å². The van der Waals surface area contributed by atoms with Crippen LogP contribution in [-0.2, 0) is 9.84 Å². The molecular formula is C12H25NO2S. The van der Waals surface area contributed by atoms with E-state index in [0.29, 0.717) is 12.6 Å². The van der Waals surface area contributed by atoms with Crippen LogP contribution in [0.5, 0.6) is 0 Å². The van der Waals surface area contributed by atoms with E-state index in [-0.39, 0.29) is 5.75 Å². The summed E-state index contributed by atoms with van der Waals surface area (Å²) in [6.45, 7) is 2.84. The predicted octanol–water partition coefficient (Wildman–Crippen LogP) is 1.98. The minimum atomic E-state index is -2.81. The van der Waals surface area contributed by atoms with E-state index in [1.165, 1.54) is 44.8 Å².